The first kappa shape index (κ1) is 15.2. The van der Waals surface area contributed by atoms with Crippen molar-refractivity contribution in [3.05, 3.63) is 59.8 Å². The number of hydrogen-bond donors (Lipinski definition) is 1. The van der Waals surface area contributed by atoms with E-state index in [9.17, 15) is 12.8 Å². The summed E-state index contributed by atoms with van der Waals surface area (Å²) in [5.41, 5.74) is 2.37. The molecule has 0 spiro atoms. The second-order valence-corrected chi connectivity index (χ2v) is 6.31. The fourth-order valence-corrected chi connectivity index (χ4v) is 2.54. The molecule has 0 saturated heterocycles. The SMILES string of the molecule is O=S(=O)(CF)Oc1ccc2[nH]nc(/C=C/c3ccccc3)c2c1. The number of fused-ring (bicyclic) bond motifs is 1. The number of aromatic nitrogens is 2. The highest BCUT2D eigenvalue weighted by atomic mass is 32.2. The van der Waals surface area contributed by atoms with Crippen LogP contribution in [0.3, 0.4) is 0 Å². The molecule has 0 aliphatic carbocycles. The van der Waals surface area contributed by atoms with E-state index in [4.69, 9.17) is 0 Å². The molecule has 0 aliphatic rings. The fraction of sp³-hybridized carbons (Fsp3) is 0.0625. The summed E-state index contributed by atoms with van der Waals surface area (Å²) in [5, 5.41) is 7.71. The third-order valence-corrected chi connectivity index (χ3v) is 3.87. The van der Waals surface area contributed by atoms with Crippen LogP contribution in [0.2, 0.25) is 0 Å². The first-order valence-electron chi connectivity index (χ1n) is 6.77. The van der Waals surface area contributed by atoms with Gasteiger partial charge in [-0.25, -0.2) is 4.39 Å². The van der Waals surface area contributed by atoms with Crippen LogP contribution in [0.5, 0.6) is 5.75 Å². The van der Waals surface area contributed by atoms with Crippen molar-refractivity contribution in [2.24, 2.45) is 0 Å². The van der Waals surface area contributed by atoms with Gasteiger partial charge in [-0.05, 0) is 29.8 Å². The molecule has 23 heavy (non-hydrogen) atoms. The highest BCUT2D eigenvalue weighted by Crippen LogP contribution is 2.24. The Morgan fingerprint density at radius 2 is 1.91 bits per heavy atom. The Labute approximate surface area is 132 Å². The van der Waals surface area contributed by atoms with Crippen LogP contribution in [0.4, 0.5) is 4.39 Å². The van der Waals surface area contributed by atoms with Crippen molar-refractivity contribution in [3.63, 3.8) is 0 Å². The van der Waals surface area contributed by atoms with Gasteiger partial charge in [-0.15, -0.1) is 0 Å². The summed E-state index contributed by atoms with van der Waals surface area (Å²) in [4.78, 5) is 0. The van der Waals surface area contributed by atoms with E-state index >= 15 is 0 Å². The lowest BCUT2D eigenvalue weighted by Crippen LogP contribution is -2.10. The summed E-state index contributed by atoms with van der Waals surface area (Å²) in [6, 6.07) is 12.7. The Morgan fingerprint density at radius 3 is 2.65 bits per heavy atom. The van der Waals surface area contributed by atoms with E-state index in [0.717, 1.165) is 11.1 Å². The van der Waals surface area contributed by atoms with E-state index in [1.54, 1.807) is 6.07 Å². The van der Waals surface area contributed by atoms with Crippen molar-refractivity contribution in [1.29, 1.82) is 0 Å². The van der Waals surface area contributed by atoms with Crippen LogP contribution in [-0.2, 0) is 10.1 Å². The number of rotatable bonds is 5. The minimum Gasteiger partial charge on any atom is -0.381 e. The summed E-state index contributed by atoms with van der Waals surface area (Å²) >= 11 is 0. The molecule has 3 aromatic rings. The predicted octanol–water partition coefficient (Wildman–Crippen LogP) is 3.37. The van der Waals surface area contributed by atoms with E-state index in [1.165, 1.54) is 12.1 Å². The maximum Gasteiger partial charge on any atom is 0.339 e. The highest BCUT2D eigenvalue weighted by Gasteiger charge is 2.13. The molecule has 0 fully saturated rings. The van der Waals surface area contributed by atoms with Gasteiger partial charge < -0.3 is 4.18 Å². The van der Waals surface area contributed by atoms with Crippen LogP contribution in [0.25, 0.3) is 23.1 Å². The van der Waals surface area contributed by atoms with Gasteiger partial charge in [0.2, 0.25) is 6.01 Å². The van der Waals surface area contributed by atoms with E-state index in [0.29, 0.717) is 11.1 Å². The molecule has 3 rings (SSSR count). The van der Waals surface area contributed by atoms with Crippen molar-refractivity contribution in [2.45, 2.75) is 0 Å². The number of H-pyrrole nitrogens is 1. The van der Waals surface area contributed by atoms with E-state index in [2.05, 4.69) is 14.4 Å². The van der Waals surface area contributed by atoms with E-state index in [-0.39, 0.29) is 5.75 Å². The molecule has 0 saturated carbocycles. The van der Waals surface area contributed by atoms with Gasteiger partial charge in [-0.3, -0.25) is 5.10 Å². The molecule has 0 amide bonds. The molecule has 1 aromatic heterocycles. The zero-order chi connectivity index (χ0) is 16.3. The second-order valence-electron chi connectivity index (χ2n) is 4.81. The quantitative estimate of drug-likeness (QED) is 0.727. The Kier molecular flexibility index (Phi) is 4.12. The molecular weight excluding hydrogens is 319 g/mol. The molecule has 7 heteroatoms. The van der Waals surface area contributed by atoms with Gasteiger partial charge in [0.1, 0.15) is 5.75 Å². The van der Waals surface area contributed by atoms with E-state index in [1.807, 2.05) is 42.5 Å². The topological polar surface area (TPSA) is 72.1 Å². The highest BCUT2D eigenvalue weighted by molar-refractivity contribution is 7.86. The largest absolute Gasteiger partial charge is 0.381 e. The zero-order valence-electron chi connectivity index (χ0n) is 11.9. The summed E-state index contributed by atoms with van der Waals surface area (Å²) in [5.74, 6) is 0.0471. The Bertz CT molecular complexity index is 950. The van der Waals surface area contributed by atoms with Gasteiger partial charge >= 0.3 is 10.1 Å². The molecule has 118 valence electrons. The molecule has 5 nitrogen and oxygen atoms in total. The van der Waals surface area contributed by atoms with Crippen LogP contribution in [0, 0.1) is 0 Å². The molecule has 1 N–H and O–H groups in total. The fourth-order valence-electron chi connectivity index (χ4n) is 2.10. The molecule has 0 radical (unpaired) electrons. The van der Waals surface area contributed by atoms with Crippen molar-refractivity contribution < 1.29 is 17.0 Å². The summed E-state index contributed by atoms with van der Waals surface area (Å²) in [6.45, 7) is 0. The first-order valence-corrected chi connectivity index (χ1v) is 8.34. The van der Waals surface area contributed by atoms with Crippen LogP contribution in [-0.4, -0.2) is 24.6 Å². The molecule has 0 atom stereocenters. The first-order chi connectivity index (χ1) is 11.1. The Morgan fingerprint density at radius 1 is 1.13 bits per heavy atom. The average molecular weight is 332 g/mol. The van der Waals surface area contributed by atoms with Crippen LogP contribution >= 0.6 is 0 Å². The van der Waals surface area contributed by atoms with Crippen LogP contribution in [0.1, 0.15) is 11.3 Å². The van der Waals surface area contributed by atoms with Gasteiger partial charge in [-0.1, -0.05) is 36.4 Å². The molecular formula is C16H13FN2O3S. The smallest absolute Gasteiger partial charge is 0.339 e. The number of nitrogens with zero attached hydrogens (tertiary/aromatic N) is 1. The molecule has 2 aromatic carbocycles. The van der Waals surface area contributed by atoms with Crippen molar-refractivity contribution in [2.75, 3.05) is 6.01 Å². The Hall–Kier alpha value is -2.67. The van der Waals surface area contributed by atoms with Crippen molar-refractivity contribution >= 4 is 33.2 Å². The van der Waals surface area contributed by atoms with Crippen molar-refractivity contribution in [1.82, 2.24) is 10.2 Å². The van der Waals surface area contributed by atoms with E-state index < -0.39 is 16.1 Å². The van der Waals surface area contributed by atoms with Gasteiger partial charge in [0.15, 0.2) is 0 Å². The van der Waals surface area contributed by atoms with Crippen molar-refractivity contribution in [3.8, 4) is 5.75 Å². The van der Waals surface area contributed by atoms with Gasteiger partial charge in [0, 0.05) is 5.39 Å². The number of benzene rings is 2. The number of halogens is 1. The van der Waals surface area contributed by atoms with Crippen LogP contribution < -0.4 is 4.18 Å². The third-order valence-electron chi connectivity index (χ3n) is 3.15. The third kappa shape index (κ3) is 3.57. The summed E-state index contributed by atoms with van der Waals surface area (Å²) in [7, 11) is -4.21. The maximum absolute atomic E-state index is 12.4. The molecule has 1 heterocycles. The Balaban J connectivity index is 1.94. The minimum absolute atomic E-state index is 0.0471. The minimum atomic E-state index is -4.21. The number of hydrogen-bond acceptors (Lipinski definition) is 4. The maximum atomic E-state index is 12.4. The van der Waals surface area contributed by atoms with Crippen LogP contribution in [0.15, 0.2) is 48.5 Å². The summed E-state index contributed by atoms with van der Waals surface area (Å²) in [6.07, 6.45) is 3.70. The van der Waals surface area contributed by atoms with Gasteiger partial charge in [0.25, 0.3) is 0 Å². The standard InChI is InChI=1S/C16H13FN2O3S/c17-11-23(20,21)22-13-7-9-16-14(10-13)15(18-19-16)8-6-12-4-2-1-3-5-12/h1-10H,11H2,(H,18,19)/b8-6+. The molecule has 0 bridgehead atoms. The number of nitrogens with one attached hydrogen (secondary N) is 1. The normalized spacial score (nSPS) is 12.0. The summed E-state index contributed by atoms with van der Waals surface area (Å²) < 4.78 is 39.4. The molecule has 0 aliphatic heterocycles. The lowest BCUT2D eigenvalue weighted by atomic mass is 10.1. The lowest BCUT2D eigenvalue weighted by Gasteiger charge is -2.03. The molecule has 0 unspecified atom stereocenters. The number of aromatic amines is 1. The average Bonchev–Trinajstić information content (AvgIpc) is 2.96. The lowest BCUT2D eigenvalue weighted by molar-refractivity contribution is 0.451. The predicted molar refractivity (Wildman–Crippen MR) is 87.0 cm³/mol. The monoisotopic (exact) mass is 332 g/mol. The second kappa shape index (κ2) is 6.21. The van der Waals surface area contributed by atoms with Gasteiger partial charge in [0.05, 0.1) is 11.2 Å². The zero-order valence-corrected chi connectivity index (χ0v) is 12.8. The number of alkyl halides is 1. The van der Waals surface area contributed by atoms with Gasteiger partial charge in [-0.2, -0.15) is 13.5 Å².